The van der Waals surface area contributed by atoms with Gasteiger partial charge in [-0.3, -0.25) is 9.69 Å². The topological polar surface area (TPSA) is 54.7 Å². The molecular formula is C26H23ClN2O3. The summed E-state index contributed by atoms with van der Waals surface area (Å²) in [6.45, 7) is 2.73. The van der Waals surface area contributed by atoms with Crippen LogP contribution in [0.4, 0.5) is 5.69 Å². The molecule has 0 radical (unpaired) electrons. The van der Waals surface area contributed by atoms with E-state index in [4.69, 9.17) is 20.8 Å². The lowest BCUT2D eigenvalue weighted by molar-refractivity contribution is 0.0206. The number of rotatable bonds is 5. The summed E-state index contributed by atoms with van der Waals surface area (Å²) in [5.41, 5.74) is 2.91. The van der Waals surface area contributed by atoms with Gasteiger partial charge in [0.2, 0.25) is 0 Å². The van der Waals surface area contributed by atoms with E-state index >= 15 is 0 Å². The molecule has 1 aliphatic rings. The van der Waals surface area contributed by atoms with Gasteiger partial charge in [0.25, 0.3) is 5.91 Å². The van der Waals surface area contributed by atoms with Crippen molar-refractivity contribution in [2.45, 2.75) is 6.04 Å². The Bertz CT molecular complexity index is 1230. The quantitative estimate of drug-likeness (QED) is 0.423. The monoisotopic (exact) mass is 446 g/mol. The standard InChI is InChI=1S/C26H23ClN2O3/c27-21-12-6-4-10-19(21)24(29-14-16-31-17-15-29)25-23(20-11-5-7-13-22(20)32-25)28-26(30)18-8-2-1-3-9-18/h1-13,24H,14-17H2,(H,28,30). The van der Waals surface area contributed by atoms with Crippen molar-refractivity contribution in [2.75, 3.05) is 31.6 Å². The average Bonchev–Trinajstić information content (AvgIpc) is 3.19. The molecule has 0 aliphatic carbocycles. The maximum atomic E-state index is 13.1. The first-order valence-corrected chi connectivity index (χ1v) is 11.0. The Hall–Kier alpha value is -3.12. The number of benzene rings is 3. The summed E-state index contributed by atoms with van der Waals surface area (Å²) >= 11 is 6.65. The molecule has 1 amide bonds. The van der Waals surface area contributed by atoms with Gasteiger partial charge in [-0.1, -0.05) is 60.1 Å². The van der Waals surface area contributed by atoms with Crippen LogP contribution < -0.4 is 5.32 Å². The summed E-state index contributed by atoms with van der Waals surface area (Å²) in [5.74, 6) is 0.490. The largest absolute Gasteiger partial charge is 0.457 e. The maximum absolute atomic E-state index is 13.1. The van der Waals surface area contributed by atoms with E-state index in [-0.39, 0.29) is 11.9 Å². The predicted molar refractivity (Wildman–Crippen MR) is 126 cm³/mol. The van der Waals surface area contributed by atoms with Crippen molar-refractivity contribution in [3.05, 3.63) is 101 Å². The highest BCUT2D eigenvalue weighted by molar-refractivity contribution is 6.31. The van der Waals surface area contributed by atoms with Crippen molar-refractivity contribution in [2.24, 2.45) is 0 Å². The van der Waals surface area contributed by atoms with Gasteiger partial charge in [0, 0.05) is 29.1 Å². The van der Waals surface area contributed by atoms with Gasteiger partial charge in [-0.25, -0.2) is 0 Å². The second-order valence-electron chi connectivity index (χ2n) is 7.73. The van der Waals surface area contributed by atoms with E-state index in [0.717, 1.165) is 29.6 Å². The molecule has 1 aliphatic heterocycles. The number of fused-ring (bicyclic) bond motifs is 1. The molecule has 1 aromatic heterocycles. The van der Waals surface area contributed by atoms with Crippen LogP contribution in [0.15, 0.2) is 83.3 Å². The molecule has 32 heavy (non-hydrogen) atoms. The van der Waals surface area contributed by atoms with Crippen molar-refractivity contribution in [3.8, 4) is 0 Å². The second kappa shape index (κ2) is 9.17. The van der Waals surface area contributed by atoms with Crippen LogP contribution in [0.3, 0.4) is 0 Å². The van der Waals surface area contributed by atoms with Crippen LogP contribution in [0.25, 0.3) is 11.0 Å². The number of amides is 1. The Morgan fingerprint density at radius 2 is 1.59 bits per heavy atom. The molecule has 5 rings (SSSR count). The number of ether oxygens (including phenoxy) is 1. The van der Waals surface area contributed by atoms with E-state index < -0.39 is 0 Å². The van der Waals surface area contributed by atoms with E-state index in [2.05, 4.69) is 10.2 Å². The minimum Gasteiger partial charge on any atom is -0.457 e. The van der Waals surface area contributed by atoms with Gasteiger partial charge in [0.15, 0.2) is 5.76 Å². The van der Waals surface area contributed by atoms with Gasteiger partial charge < -0.3 is 14.5 Å². The third-order valence-electron chi connectivity index (χ3n) is 5.76. The maximum Gasteiger partial charge on any atom is 0.255 e. The van der Waals surface area contributed by atoms with E-state index in [1.165, 1.54) is 0 Å². The Balaban J connectivity index is 1.65. The number of halogens is 1. The average molecular weight is 447 g/mol. The highest BCUT2D eigenvalue weighted by Gasteiger charge is 2.32. The Morgan fingerprint density at radius 3 is 2.38 bits per heavy atom. The van der Waals surface area contributed by atoms with Crippen LogP contribution >= 0.6 is 11.6 Å². The number of carbonyl (C=O) groups is 1. The third-order valence-corrected chi connectivity index (χ3v) is 6.10. The first-order chi connectivity index (χ1) is 15.7. The molecule has 1 saturated heterocycles. The zero-order chi connectivity index (χ0) is 21.9. The van der Waals surface area contributed by atoms with Gasteiger partial charge in [-0.05, 0) is 35.9 Å². The summed E-state index contributed by atoms with van der Waals surface area (Å²) in [7, 11) is 0. The molecule has 1 atom stereocenters. The van der Waals surface area contributed by atoms with Crippen LogP contribution in [0.2, 0.25) is 5.02 Å². The molecule has 162 valence electrons. The fourth-order valence-electron chi connectivity index (χ4n) is 4.20. The van der Waals surface area contributed by atoms with Crippen molar-refractivity contribution in [3.63, 3.8) is 0 Å². The minimum absolute atomic E-state index is 0.182. The zero-order valence-corrected chi connectivity index (χ0v) is 18.2. The van der Waals surface area contributed by atoms with Crippen LogP contribution in [-0.4, -0.2) is 37.1 Å². The number of anilines is 1. The summed E-state index contributed by atoms with van der Waals surface area (Å²) in [4.78, 5) is 15.4. The number of nitrogens with one attached hydrogen (secondary N) is 1. The van der Waals surface area contributed by atoms with E-state index in [9.17, 15) is 4.79 Å². The summed E-state index contributed by atoms with van der Waals surface area (Å²) in [5, 5.41) is 4.64. The lowest BCUT2D eigenvalue weighted by atomic mass is 10.00. The normalized spacial score (nSPS) is 15.5. The molecule has 5 nitrogen and oxygen atoms in total. The highest BCUT2D eigenvalue weighted by Crippen LogP contribution is 2.42. The molecule has 1 N–H and O–H groups in total. The molecule has 2 heterocycles. The molecule has 1 unspecified atom stereocenters. The molecule has 0 saturated carbocycles. The molecular weight excluding hydrogens is 424 g/mol. The SMILES string of the molecule is O=C(Nc1c(C(c2ccccc2Cl)N2CCOCC2)oc2ccccc12)c1ccccc1. The van der Waals surface area contributed by atoms with Gasteiger partial charge >= 0.3 is 0 Å². The van der Waals surface area contributed by atoms with Crippen LogP contribution in [-0.2, 0) is 4.74 Å². The number of carbonyl (C=O) groups excluding carboxylic acids is 1. The van der Waals surface area contributed by atoms with Gasteiger partial charge in [0.05, 0.1) is 24.9 Å². The van der Waals surface area contributed by atoms with Gasteiger partial charge in [-0.2, -0.15) is 0 Å². The molecule has 3 aromatic carbocycles. The van der Waals surface area contributed by atoms with Crippen molar-refractivity contribution in [1.82, 2.24) is 4.90 Å². The third kappa shape index (κ3) is 4.02. The fourth-order valence-corrected chi connectivity index (χ4v) is 4.44. The smallest absolute Gasteiger partial charge is 0.255 e. The van der Waals surface area contributed by atoms with Gasteiger partial charge in [0.1, 0.15) is 5.58 Å². The molecule has 6 heteroatoms. The fraction of sp³-hybridized carbons (Fsp3) is 0.192. The molecule has 0 bridgehead atoms. The molecule has 1 fully saturated rings. The number of hydrogen-bond donors (Lipinski definition) is 1. The van der Waals surface area contributed by atoms with Crippen LogP contribution in [0.5, 0.6) is 0 Å². The van der Waals surface area contributed by atoms with Crippen LogP contribution in [0.1, 0.15) is 27.7 Å². The lowest BCUT2D eigenvalue weighted by Gasteiger charge is -2.34. The number of para-hydroxylation sites is 1. The Kier molecular flexibility index (Phi) is 5.95. The summed E-state index contributed by atoms with van der Waals surface area (Å²) in [6, 6.07) is 24.5. The van der Waals surface area contributed by atoms with Crippen molar-refractivity contribution >= 4 is 34.2 Å². The van der Waals surface area contributed by atoms with Crippen molar-refractivity contribution in [1.29, 1.82) is 0 Å². The first kappa shape index (κ1) is 20.8. The number of hydrogen-bond acceptors (Lipinski definition) is 4. The van der Waals surface area contributed by atoms with Crippen LogP contribution in [0, 0.1) is 0 Å². The summed E-state index contributed by atoms with van der Waals surface area (Å²) in [6.07, 6.45) is 0. The van der Waals surface area contributed by atoms with Gasteiger partial charge in [-0.15, -0.1) is 0 Å². The van der Waals surface area contributed by atoms with E-state index in [0.29, 0.717) is 35.2 Å². The Labute approximate surface area is 191 Å². The molecule has 4 aromatic rings. The predicted octanol–water partition coefficient (Wildman–Crippen LogP) is 5.76. The van der Waals surface area contributed by atoms with E-state index in [1.807, 2.05) is 66.7 Å². The lowest BCUT2D eigenvalue weighted by Crippen LogP contribution is -2.39. The van der Waals surface area contributed by atoms with Crippen molar-refractivity contribution < 1.29 is 13.9 Å². The highest BCUT2D eigenvalue weighted by atomic mass is 35.5. The first-order valence-electron chi connectivity index (χ1n) is 10.7. The zero-order valence-electron chi connectivity index (χ0n) is 17.5. The summed E-state index contributed by atoms with van der Waals surface area (Å²) < 4.78 is 12.0. The number of nitrogens with zero attached hydrogens (tertiary/aromatic N) is 1. The molecule has 0 spiro atoms. The van der Waals surface area contributed by atoms with E-state index in [1.54, 1.807) is 12.1 Å². The number of morpholine rings is 1. The Morgan fingerprint density at radius 1 is 0.906 bits per heavy atom. The second-order valence-corrected chi connectivity index (χ2v) is 8.14. The number of furan rings is 1. The minimum atomic E-state index is -0.258.